The minimum atomic E-state index is -3.81. The van der Waals surface area contributed by atoms with Crippen LogP contribution < -0.4 is 4.72 Å². The molecule has 0 amide bonds. The van der Waals surface area contributed by atoms with E-state index in [1.54, 1.807) is 49.5 Å². The van der Waals surface area contributed by atoms with E-state index < -0.39 is 10.0 Å². The molecule has 4 nitrogen and oxygen atoms in total. The smallest absolute Gasteiger partial charge is 0.264 e. The van der Waals surface area contributed by atoms with Gasteiger partial charge >= 0.3 is 0 Å². The van der Waals surface area contributed by atoms with Gasteiger partial charge in [-0.1, -0.05) is 36.3 Å². The maximum Gasteiger partial charge on any atom is 0.264 e. The average Bonchev–Trinajstić information content (AvgIpc) is 2.54. The van der Waals surface area contributed by atoms with E-state index in [1.807, 2.05) is 12.1 Å². The first-order valence-corrected chi connectivity index (χ1v) is 8.44. The lowest BCUT2D eigenvalue weighted by atomic mass is 10.1. The zero-order valence-corrected chi connectivity index (χ0v) is 13.3. The SMILES string of the molecule is C#Cc1ccccc1NS(=O)(=O)c1c(C)ccc2cccnc12. The molecule has 2 aromatic carbocycles. The summed E-state index contributed by atoms with van der Waals surface area (Å²) in [5.41, 5.74) is 1.93. The molecule has 0 saturated carbocycles. The van der Waals surface area contributed by atoms with Gasteiger partial charge in [-0.15, -0.1) is 6.42 Å². The standard InChI is InChI=1S/C18H14N2O2S/c1-3-14-7-4-5-9-16(14)20-23(21,22)18-13(2)10-11-15-8-6-12-19-17(15)18/h1,4-12,20H,2H3. The molecule has 0 aliphatic heterocycles. The fourth-order valence-corrected chi connectivity index (χ4v) is 3.94. The van der Waals surface area contributed by atoms with Crippen LogP contribution in [0.4, 0.5) is 5.69 Å². The van der Waals surface area contributed by atoms with Crippen LogP contribution in [0.1, 0.15) is 11.1 Å². The molecule has 5 heteroatoms. The summed E-state index contributed by atoms with van der Waals surface area (Å²) < 4.78 is 28.3. The van der Waals surface area contributed by atoms with Crippen LogP contribution in [0.15, 0.2) is 59.6 Å². The van der Waals surface area contributed by atoms with Crippen molar-refractivity contribution in [3.05, 3.63) is 65.9 Å². The number of aromatic nitrogens is 1. The quantitative estimate of drug-likeness (QED) is 0.753. The first-order valence-electron chi connectivity index (χ1n) is 6.96. The Bertz CT molecular complexity index is 1030. The lowest BCUT2D eigenvalue weighted by molar-refractivity contribution is 0.601. The van der Waals surface area contributed by atoms with Crippen molar-refractivity contribution in [1.82, 2.24) is 4.98 Å². The summed E-state index contributed by atoms with van der Waals surface area (Å²) in [6, 6.07) is 14.0. The van der Waals surface area contributed by atoms with Gasteiger partial charge in [-0.05, 0) is 30.7 Å². The topological polar surface area (TPSA) is 59.1 Å². The Kier molecular flexibility index (Phi) is 3.77. The highest BCUT2D eigenvalue weighted by Crippen LogP contribution is 2.27. The van der Waals surface area contributed by atoms with Crippen LogP contribution in [0.3, 0.4) is 0 Å². The van der Waals surface area contributed by atoms with E-state index >= 15 is 0 Å². The van der Waals surface area contributed by atoms with E-state index in [0.29, 0.717) is 22.3 Å². The van der Waals surface area contributed by atoms with Crippen LogP contribution in [0, 0.1) is 19.3 Å². The van der Waals surface area contributed by atoms with E-state index in [1.165, 1.54) is 0 Å². The molecule has 0 radical (unpaired) electrons. The zero-order valence-electron chi connectivity index (χ0n) is 12.4. The van der Waals surface area contributed by atoms with Gasteiger partial charge < -0.3 is 0 Å². The molecule has 0 saturated heterocycles. The number of anilines is 1. The van der Waals surface area contributed by atoms with Crippen LogP contribution in [-0.4, -0.2) is 13.4 Å². The third-order valence-corrected chi connectivity index (χ3v) is 5.06. The number of benzene rings is 2. The van der Waals surface area contributed by atoms with Crippen LogP contribution in [0.2, 0.25) is 0 Å². The Hall–Kier alpha value is -2.84. The lowest BCUT2D eigenvalue weighted by Crippen LogP contribution is -2.16. The second-order valence-corrected chi connectivity index (χ2v) is 6.70. The van der Waals surface area contributed by atoms with Crippen molar-refractivity contribution in [2.45, 2.75) is 11.8 Å². The Labute approximate surface area is 135 Å². The van der Waals surface area contributed by atoms with Gasteiger partial charge in [-0.2, -0.15) is 0 Å². The number of sulfonamides is 1. The number of hydrogen-bond donors (Lipinski definition) is 1. The molecule has 0 aliphatic carbocycles. The number of nitrogens with zero attached hydrogens (tertiary/aromatic N) is 1. The lowest BCUT2D eigenvalue weighted by Gasteiger charge is -2.13. The van der Waals surface area contributed by atoms with Crippen molar-refractivity contribution in [1.29, 1.82) is 0 Å². The summed E-state index contributed by atoms with van der Waals surface area (Å²) in [4.78, 5) is 4.40. The molecule has 0 fully saturated rings. The van der Waals surface area contributed by atoms with Gasteiger partial charge in [0.2, 0.25) is 0 Å². The van der Waals surface area contributed by atoms with Gasteiger partial charge in [0.1, 0.15) is 4.90 Å². The van der Waals surface area contributed by atoms with E-state index in [2.05, 4.69) is 15.6 Å². The molecule has 1 aromatic heterocycles. The number of rotatable bonds is 3. The summed E-state index contributed by atoms with van der Waals surface area (Å²) in [5.74, 6) is 2.48. The predicted molar refractivity (Wildman–Crippen MR) is 91.7 cm³/mol. The maximum atomic E-state index is 12.9. The largest absolute Gasteiger partial charge is 0.278 e. The van der Waals surface area contributed by atoms with Gasteiger partial charge in [-0.25, -0.2) is 8.42 Å². The average molecular weight is 322 g/mol. The maximum absolute atomic E-state index is 12.9. The summed E-state index contributed by atoms with van der Waals surface area (Å²) in [5, 5.41) is 0.767. The number of pyridine rings is 1. The highest BCUT2D eigenvalue weighted by atomic mass is 32.2. The number of hydrogen-bond acceptors (Lipinski definition) is 3. The Morgan fingerprint density at radius 2 is 1.87 bits per heavy atom. The number of fused-ring (bicyclic) bond motifs is 1. The van der Waals surface area contributed by atoms with Crippen molar-refractivity contribution in [2.24, 2.45) is 0 Å². The van der Waals surface area contributed by atoms with Crippen LogP contribution >= 0.6 is 0 Å². The minimum Gasteiger partial charge on any atom is -0.278 e. The fraction of sp³-hybridized carbons (Fsp3) is 0.0556. The van der Waals surface area contributed by atoms with Gasteiger partial charge in [-0.3, -0.25) is 9.71 Å². The van der Waals surface area contributed by atoms with E-state index in [9.17, 15) is 8.42 Å². The van der Waals surface area contributed by atoms with Gasteiger partial charge in [0.05, 0.1) is 11.2 Å². The molecule has 3 aromatic rings. The molecule has 1 heterocycles. The number of nitrogens with one attached hydrogen (secondary N) is 1. The molecule has 23 heavy (non-hydrogen) atoms. The molecular formula is C18H14N2O2S. The zero-order chi connectivity index (χ0) is 16.4. The van der Waals surface area contributed by atoms with E-state index in [4.69, 9.17) is 6.42 Å². The van der Waals surface area contributed by atoms with Gasteiger partial charge in [0, 0.05) is 17.1 Å². The third-order valence-electron chi connectivity index (χ3n) is 3.52. The molecule has 1 N–H and O–H groups in total. The van der Waals surface area contributed by atoms with Crippen molar-refractivity contribution >= 4 is 26.6 Å². The molecule has 0 unspecified atom stereocenters. The number of terminal acetylenes is 1. The van der Waals surface area contributed by atoms with Crippen LogP contribution in [-0.2, 0) is 10.0 Å². The minimum absolute atomic E-state index is 0.169. The molecule has 0 aliphatic rings. The number of aryl methyl sites for hydroxylation is 1. The molecule has 0 bridgehead atoms. The second kappa shape index (κ2) is 5.75. The fourth-order valence-electron chi connectivity index (χ4n) is 2.45. The van der Waals surface area contributed by atoms with Crippen molar-refractivity contribution in [3.8, 4) is 12.3 Å². The van der Waals surface area contributed by atoms with Crippen molar-refractivity contribution < 1.29 is 8.42 Å². The Morgan fingerprint density at radius 3 is 2.65 bits per heavy atom. The molecular weight excluding hydrogens is 308 g/mol. The summed E-state index contributed by atoms with van der Waals surface area (Å²) in [7, 11) is -3.81. The normalized spacial score (nSPS) is 11.1. The molecule has 3 rings (SSSR count). The van der Waals surface area contributed by atoms with Crippen LogP contribution in [0.25, 0.3) is 10.9 Å². The van der Waals surface area contributed by atoms with E-state index in [-0.39, 0.29) is 4.90 Å². The Balaban J connectivity index is 2.18. The van der Waals surface area contributed by atoms with Crippen LogP contribution in [0.5, 0.6) is 0 Å². The molecule has 0 spiro atoms. The highest BCUT2D eigenvalue weighted by molar-refractivity contribution is 7.93. The van der Waals surface area contributed by atoms with Gasteiger partial charge in [0.25, 0.3) is 10.0 Å². The monoisotopic (exact) mass is 322 g/mol. The summed E-state index contributed by atoms with van der Waals surface area (Å²) in [6.07, 6.45) is 7.01. The molecule has 0 atom stereocenters. The summed E-state index contributed by atoms with van der Waals surface area (Å²) >= 11 is 0. The highest BCUT2D eigenvalue weighted by Gasteiger charge is 2.22. The first kappa shape index (κ1) is 15.1. The third kappa shape index (κ3) is 2.77. The molecule has 114 valence electrons. The second-order valence-electron chi connectivity index (χ2n) is 5.08. The predicted octanol–water partition coefficient (Wildman–Crippen LogP) is 3.33. The van der Waals surface area contributed by atoms with Gasteiger partial charge in [0.15, 0.2) is 0 Å². The first-order chi connectivity index (χ1) is 11.0. The van der Waals surface area contributed by atoms with E-state index in [0.717, 1.165) is 5.39 Å². The Morgan fingerprint density at radius 1 is 1.09 bits per heavy atom. The van der Waals surface area contributed by atoms with Crippen molar-refractivity contribution in [2.75, 3.05) is 4.72 Å². The summed E-state index contributed by atoms with van der Waals surface area (Å²) in [6.45, 7) is 1.75. The van der Waals surface area contributed by atoms with Crippen molar-refractivity contribution in [3.63, 3.8) is 0 Å². The number of para-hydroxylation sites is 1.